The van der Waals surface area contributed by atoms with E-state index in [1.54, 1.807) is 50.6 Å². The Balaban J connectivity index is 1.28. The Morgan fingerprint density at radius 1 is 1.06 bits per heavy atom. The summed E-state index contributed by atoms with van der Waals surface area (Å²) in [4.78, 5) is 47.5. The highest BCUT2D eigenvalue weighted by Gasteiger charge is 2.41. The quantitative estimate of drug-likeness (QED) is 0.485. The molecule has 2 aliphatic heterocycles. The van der Waals surface area contributed by atoms with Gasteiger partial charge in [0, 0.05) is 31.4 Å². The molecule has 2 saturated heterocycles. The van der Waals surface area contributed by atoms with Gasteiger partial charge in [-0.15, -0.1) is 0 Å². The Morgan fingerprint density at radius 2 is 1.89 bits per heavy atom. The molecule has 10 nitrogen and oxygen atoms in total. The zero-order valence-electron chi connectivity index (χ0n) is 20.5. The van der Waals surface area contributed by atoms with Gasteiger partial charge in [-0.3, -0.25) is 14.5 Å². The van der Waals surface area contributed by atoms with E-state index < -0.39 is 0 Å². The van der Waals surface area contributed by atoms with Gasteiger partial charge in [0.1, 0.15) is 0 Å². The number of hydrogen-bond donors (Lipinski definition) is 3. The van der Waals surface area contributed by atoms with Crippen molar-refractivity contribution in [1.82, 2.24) is 19.8 Å². The van der Waals surface area contributed by atoms with E-state index in [9.17, 15) is 14.4 Å². The number of anilines is 1. The van der Waals surface area contributed by atoms with Crippen LogP contribution in [0.15, 0.2) is 41.2 Å². The van der Waals surface area contributed by atoms with Gasteiger partial charge in [-0.1, -0.05) is 12.5 Å². The molecule has 0 spiro atoms. The lowest BCUT2D eigenvalue weighted by Gasteiger charge is -2.31. The first-order valence-electron chi connectivity index (χ1n) is 12.2. The monoisotopic (exact) mass is 493 g/mol. The van der Waals surface area contributed by atoms with Gasteiger partial charge < -0.3 is 29.7 Å². The Labute approximate surface area is 208 Å². The van der Waals surface area contributed by atoms with Gasteiger partial charge in [0.15, 0.2) is 11.5 Å². The van der Waals surface area contributed by atoms with Gasteiger partial charge in [-0.25, -0.2) is 4.79 Å². The lowest BCUT2D eigenvalue weighted by atomic mass is 9.98. The Kier molecular flexibility index (Phi) is 6.69. The van der Waals surface area contributed by atoms with Crippen molar-refractivity contribution in [3.05, 3.63) is 52.4 Å². The van der Waals surface area contributed by atoms with E-state index in [0.29, 0.717) is 52.8 Å². The molecule has 0 saturated carbocycles. The number of aromatic amines is 2. The minimum atomic E-state index is -0.283. The van der Waals surface area contributed by atoms with E-state index in [-0.39, 0.29) is 30.1 Å². The minimum absolute atomic E-state index is 0.0324. The first kappa shape index (κ1) is 23.9. The third-order valence-electron chi connectivity index (χ3n) is 7.17. The molecule has 0 aliphatic carbocycles. The van der Waals surface area contributed by atoms with Gasteiger partial charge in [0.25, 0.3) is 5.91 Å². The maximum atomic E-state index is 13.7. The summed E-state index contributed by atoms with van der Waals surface area (Å²) in [6, 6.07) is 10.6. The number of methoxy groups -OCH3 is 2. The summed E-state index contributed by atoms with van der Waals surface area (Å²) in [5.41, 5.74) is 2.16. The molecule has 10 heteroatoms. The third-order valence-corrected chi connectivity index (χ3v) is 7.17. The van der Waals surface area contributed by atoms with Crippen LogP contribution in [0.4, 0.5) is 5.69 Å². The molecule has 3 aromatic rings. The molecule has 3 heterocycles. The molecule has 2 atom stereocenters. The number of rotatable bonds is 6. The second-order valence-corrected chi connectivity index (χ2v) is 9.44. The van der Waals surface area contributed by atoms with Crippen LogP contribution in [0.25, 0.3) is 11.0 Å². The molecule has 2 fully saturated rings. The van der Waals surface area contributed by atoms with Crippen molar-refractivity contribution >= 4 is 28.5 Å². The van der Waals surface area contributed by atoms with E-state index in [0.717, 1.165) is 25.8 Å². The van der Waals surface area contributed by atoms with E-state index in [4.69, 9.17) is 9.47 Å². The van der Waals surface area contributed by atoms with Crippen LogP contribution < -0.4 is 20.5 Å². The number of aromatic nitrogens is 2. The molecule has 0 unspecified atom stereocenters. The van der Waals surface area contributed by atoms with Gasteiger partial charge in [0.05, 0.1) is 37.4 Å². The Hall–Kier alpha value is -3.79. The molecule has 190 valence electrons. The lowest BCUT2D eigenvalue weighted by Crippen LogP contribution is -2.44. The van der Waals surface area contributed by atoms with E-state index in [2.05, 4.69) is 20.2 Å². The fourth-order valence-corrected chi connectivity index (χ4v) is 5.54. The number of nitrogens with one attached hydrogen (secondary N) is 3. The number of ether oxygens (including phenoxy) is 2. The van der Waals surface area contributed by atoms with Gasteiger partial charge in [0.2, 0.25) is 5.91 Å². The molecule has 2 amide bonds. The Morgan fingerprint density at radius 3 is 2.69 bits per heavy atom. The summed E-state index contributed by atoms with van der Waals surface area (Å²) >= 11 is 0. The van der Waals surface area contributed by atoms with Crippen molar-refractivity contribution in [1.29, 1.82) is 0 Å². The summed E-state index contributed by atoms with van der Waals surface area (Å²) in [5.74, 6) is 1.09. The van der Waals surface area contributed by atoms with Gasteiger partial charge in [-0.05, 0) is 49.1 Å². The molecule has 1 aromatic heterocycles. The number of carbonyl (C=O) groups excluding carboxylic acids is 2. The van der Waals surface area contributed by atoms with Crippen LogP contribution in [0.1, 0.15) is 29.6 Å². The van der Waals surface area contributed by atoms with Crippen LogP contribution >= 0.6 is 0 Å². The number of amides is 2. The number of likely N-dealkylation sites (tertiary alicyclic amines) is 2. The molecular weight excluding hydrogens is 462 g/mol. The highest BCUT2D eigenvalue weighted by atomic mass is 16.5. The summed E-state index contributed by atoms with van der Waals surface area (Å²) in [6.07, 6.45) is 3.03. The number of fused-ring (bicyclic) bond motifs is 2. The normalized spacial score (nSPS) is 20.1. The van der Waals surface area contributed by atoms with Crippen molar-refractivity contribution in [2.24, 2.45) is 5.92 Å². The zero-order valence-corrected chi connectivity index (χ0v) is 20.5. The predicted octanol–water partition coefficient (Wildman–Crippen LogP) is 2.44. The van der Waals surface area contributed by atoms with Crippen molar-refractivity contribution in [3.8, 4) is 11.5 Å². The molecule has 5 rings (SSSR count). The maximum Gasteiger partial charge on any atom is 0.323 e. The topological polar surface area (TPSA) is 120 Å². The highest BCUT2D eigenvalue weighted by Crippen LogP contribution is 2.35. The van der Waals surface area contributed by atoms with Crippen LogP contribution in [0.3, 0.4) is 0 Å². The number of nitrogens with zero attached hydrogens (tertiary/aromatic N) is 2. The van der Waals surface area contributed by atoms with E-state index >= 15 is 0 Å². The second kappa shape index (κ2) is 10.1. The number of imidazole rings is 1. The molecule has 0 radical (unpaired) electrons. The van der Waals surface area contributed by atoms with Crippen LogP contribution in [0.2, 0.25) is 0 Å². The van der Waals surface area contributed by atoms with Crippen LogP contribution in [0.5, 0.6) is 11.5 Å². The van der Waals surface area contributed by atoms with Crippen LogP contribution in [0, 0.1) is 5.92 Å². The van der Waals surface area contributed by atoms with E-state index in [1.165, 1.54) is 0 Å². The SMILES string of the molecule is COc1cccc(C(=O)N2CCCC[C@H]3CN(CC(=O)Nc4ccc5[nH]c(=O)[nH]c5c4)C[C@H]32)c1OC. The number of H-pyrrole nitrogens is 2. The first-order chi connectivity index (χ1) is 17.5. The number of para-hydroxylation sites is 1. The van der Waals surface area contributed by atoms with Crippen molar-refractivity contribution in [2.45, 2.75) is 25.3 Å². The molecule has 0 bridgehead atoms. The number of hydrogen-bond acceptors (Lipinski definition) is 6. The Bertz CT molecular complexity index is 1330. The summed E-state index contributed by atoms with van der Waals surface area (Å²) in [5, 5.41) is 2.92. The first-order valence-corrected chi connectivity index (χ1v) is 12.2. The van der Waals surface area contributed by atoms with Crippen LogP contribution in [-0.4, -0.2) is 78.0 Å². The number of carbonyl (C=O) groups is 2. The van der Waals surface area contributed by atoms with Crippen LogP contribution in [-0.2, 0) is 4.79 Å². The second-order valence-electron chi connectivity index (χ2n) is 9.44. The molecule has 3 N–H and O–H groups in total. The van der Waals surface area contributed by atoms with Crippen molar-refractivity contribution in [2.75, 3.05) is 45.7 Å². The average Bonchev–Trinajstić information content (AvgIpc) is 3.38. The standard InChI is InChI=1S/C26H31N5O5/c1-35-22-8-5-7-18(24(22)36-2)25(33)31-11-4-3-6-16-13-30(14-21(16)31)15-23(32)27-17-9-10-19-20(12-17)29-26(34)28-19/h5,7-10,12,16,21H,3-4,6,11,13-15H2,1-2H3,(H,27,32)(H2,28,29,34)/t16-,21+/m0/s1. The van der Waals surface area contributed by atoms with Gasteiger partial charge >= 0.3 is 5.69 Å². The lowest BCUT2D eigenvalue weighted by molar-refractivity contribution is -0.117. The smallest absolute Gasteiger partial charge is 0.323 e. The molecular formula is C26H31N5O5. The average molecular weight is 494 g/mol. The summed E-state index contributed by atoms with van der Waals surface area (Å²) in [7, 11) is 3.10. The number of benzene rings is 2. The largest absolute Gasteiger partial charge is 0.493 e. The summed E-state index contributed by atoms with van der Waals surface area (Å²) in [6.45, 7) is 2.32. The minimum Gasteiger partial charge on any atom is -0.493 e. The van der Waals surface area contributed by atoms with Gasteiger partial charge in [-0.2, -0.15) is 0 Å². The molecule has 2 aliphatic rings. The maximum absolute atomic E-state index is 13.7. The molecule has 2 aromatic carbocycles. The molecule has 36 heavy (non-hydrogen) atoms. The third kappa shape index (κ3) is 4.68. The summed E-state index contributed by atoms with van der Waals surface area (Å²) < 4.78 is 10.9. The van der Waals surface area contributed by atoms with Crippen molar-refractivity contribution in [3.63, 3.8) is 0 Å². The fraction of sp³-hybridized carbons (Fsp3) is 0.423. The van der Waals surface area contributed by atoms with E-state index in [1.807, 2.05) is 4.90 Å². The fourth-order valence-electron chi connectivity index (χ4n) is 5.54. The van der Waals surface area contributed by atoms with Crippen molar-refractivity contribution < 1.29 is 19.1 Å². The highest BCUT2D eigenvalue weighted by molar-refractivity contribution is 5.98. The zero-order chi connectivity index (χ0) is 25.2. The predicted molar refractivity (Wildman–Crippen MR) is 136 cm³/mol.